The summed E-state index contributed by atoms with van der Waals surface area (Å²) in [5.74, 6) is 3.63. The molecule has 0 aromatic heterocycles. The van der Waals surface area contributed by atoms with Gasteiger partial charge in [0.05, 0.1) is 6.61 Å². The Hall–Kier alpha value is -2.24. The molecule has 100 valence electrons. The molecule has 0 unspecified atom stereocenters. The molecule has 2 aromatic rings. The number of benzene rings is 2. The van der Waals surface area contributed by atoms with E-state index in [1.807, 2.05) is 24.3 Å². The van der Waals surface area contributed by atoms with Crippen molar-refractivity contribution in [1.29, 1.82) is 0 Å². The predicted molar refractivity (Wildman–Crippen MR) is 80.5 cm³/mol. The van der Waals surface area contributed by atoms with Gasteiger partial charge in [-0.25, -0.2) is 0 Å². The van der Waals surface area contributed by atoms with Crippen LogP contribution in [0.25, 0.3) is 0 Å². The first kappa shape index (κ1) is 12.8. The maximum Gasteiger partial charge on any atom is 0.124 e. The first-order chi connectivity index (χ1) is 9.86. The van der Waals surface area contributed by atoms with Crippen LogP contribution in [-0.2, 0) is 6.54 Å². The molecule has 0 saturated carbocycles. The predicted octanol–water partition coefficient (Wildman–Crippen LogP) is 3.28. The van der Waals surface area contributed by atoms with Crippen LogP contribution in [0, 0.1) is 12.3 Å². The third-order valence-electron chi connectivity index (χ3n) is 3.63. The monoisotopic (exact) mass is 263 g/mol. The van der Waals surface area contributed by atoms with Crippen LogP contribution >= 0.6 is 0 Å². The van der Waals surface area contributed by atoms with E-state index in [0.717, 1.165) is 30.9 Å². The number of ether oxygens (including phenoxy) is 1. The Morgan fingerprint density at radius 2 is 1.95 bits per heavy atom. The smallest absolute Gasteiger partial charge is 0.124 e. The molecule has 1 atom stereocenters. The van der Waals surface area contributed by atoms with Gasteiger partial charge in [0.25, 0.3) is 0 Å². The summed E-state index contributed by atoms with van der Waals surface area (Å²) < 4.78 is 5.67. The fraction of sp³-hybridized carbons (Fsp3) is 0.222. The largest absolute Gasteiger partial charge is 0.493 e. The zero-order valence-electron chi connectivity index (χ0n) is 11.3. The third-order valence-corrected chi connectivity index (χ3v) is 3.63. The Kier molecular flexibility index (Phi) is 3.71. The van der Waals surface area contributed by atoms with Crippen molar-refractivity contribution in [2.24, 2.45) is 0 Å². The Morgan fingerprint density at radius 1 is 1.15 bits per heavy atom. The van der Waals surface area contributed by atoms with Gasteiger partial charge in [0.1, 0.15) is 5.75 Å². The molecular formula is C18H17NO. The van der Waals surface area contributed by atoms with Gasteiger partial charge in [0.15, 0.2) is 0 Å². The highest BCUT2D eigenvalue weighted by Gasteiger charge is 2.20. The van der Waals surface area contributed by atoms with Crippen LogP contribution < -0.4 is 10.1 Å². The van der Waals surface area contributed by atoms with Crippen molar-refractivity contribution >= 4 is 0 Å². The van der Waals surface area contributed by atoms with E-state index < -0.39 is 0 Å². The normalized spacial score (nSPS) is 16.9. The van der Waals surface area contributed by atoms with E-state index in [1.165, 1.54) is 11.1 Å². The molecule has 0 aliphatic carbocycles. The van der Waals surface area contributed by atoms with Crippen LogP contribution in [0.1, 0.15) is 29.2 Å². The van der Waals surface area contributed by atoms with E-state index in [1.54, 1.807) is 0 Å². The zero-order chi connectivity index (χ0) is 13.8. The molecule has 0 amide bonds. The van der Waals surface area contributed by atoms with E-state index in [-0.39, 0.29) is 0 Å². The number of nitrogens with one attached hydrogen (secondary N) is 1. The molecule has 1 heterocycles. The molecule has 1 N–H and O–H groups in total. The first-order valence-electron chi connectivity index (χ1n) is 6.87. The van der Waals surface area contributed by atoms with Gasteiger partial charge >= 0.3 is 0 Å². The summed E-state index contributed by atoms with van der Waals surface area (Å²) in [5, 5.41) is 3.60. The van der Waals surface area contributed by atoms with E-state index in [2.05, 4.69) is 35.5 Å². The van der Waals surface area contributed by atoms with Crippen LogP contribution in [0.4, 0.5) is 0 Å². The quantitative estimate of drug-likeness (QED) is 0.858. The lowest BCUT2D eigenvalue weighted by Gasteiger charge is -2.26. The Labute approximate surface area is 119 Å². The summed E-state index contributed by atoms with van der Waals surface area (Å²) in [6, 6.07) is 16.7. The molecule has 1 aliphatic rings. The molecular weight excluding hydrogens is 246 g/mol. The zero-order valence-corrected chi connectivity index (χ0v) is 11.3. The first-order valence-corrected chi connectivity index (χ1v) is 6.87. The van der Waals surface area contributed by atoms with Crippen molar-refractivity contribution < 1.29 is 4.74 Å². The molecule has 2 aromatic carbocycles. The lowest BCUT2D eigenvalue weighted by atomic mass is 10.0. The second-order valence-corrected chi connectivity index (χ2v) is 4.95. The minimum atomic E-state index is 0.354. The average molecular weight is 263 g/mol. The van der Waals surface area contributed by atoms with Crippen molar-refractivity contribution in [2.45, 2.75) is 19.0 Å². The minimum absolute atomic E-state index is 0.354. The SMILES string of the molecule is C#Cc1ccc(CN[C@@H]2CCOc3ccccc32)cc1. The molecule has 0 radical (unpaired) electrons. The molecule has 20 heavy (non-hydrogen) atoms. The Bertz CT molecular complexity index is 625. The summed E-state index contributed by atoms with van der Waals surface area (Å²) in [5.41, 5.74) is 3.41. The summed E-state index contributed by atoms with van der Waals surface area (Å²) in [4.78, 5) is 0. The van der Waals surface area contributed by atoms with Crippen LogP contribution in [0.2, 0.25) is 0 Å². The highest BCUT2D eigenvalue weighted by atomic mass is 16.5. The lowest BCUT2D eigenvalue weighted by molar-refractivity contribution is 0.252. The van der Waals surface area contributed by atoms with E-state index in [9.17, 15) is 0 Å². The fourth-order valence-electron chi connectivity index (χ4n) is 2.51. The lowest BCUT2D eigenvalue weighted by Crippen LogP contribution is -2.26. The van der Waals surface area contributed by atoms with Crippen molar-refractivity contribution in [3.63, 3.8) is 0 Å². The Balaban J connectivity index is 1.68. The molecule has 1 aliphatic heterocycles. The Morgan fingerprint density at radius 3 is 2.75 bits per heavy atom. The highest BCUT2D eigenvalue weighted by molar-refractivity contribution is 5.38. The number of rotatable bonds is 3. The summed E-state index contributed by atoms with van der Waals surface area (Å²) in [6.07, 6.45) is 6.36. The van der Waals surface area contributed by atoms with Crippen molar-refractivity contribution in [3.8, 4) is 18.1 Å². The van der Waals surface area contributed by atoms with Gasteiger partial charge in [0.2, 0.25) is 0 Å². The number of fused-ring (bicyclic) bond motifs is 1. The number of hydrogen-bond donors (Lipinski definition) is 1. The summed E-state index contributed by atoms with van der Waals surface area (Å²) in [6.45, 7) is 1.61. The van der Waals surface area contributed by atoms with Crippen LogP contribution in [0.5, 0.6) is 5.75 Å². The number of para-hydroxylation sites is 1. The number of terminal acetylenes is 1. The topological polar surface area (TPSA) is 21.3 Å². The van der Waals surface area contributed by atoms with E-state index in [4.69, 9.17) is 11.2 Å². The molecule has 0 fully saturated rings. The fourth-order valence-corrected chi connectivity index (χ4v) is 2.51. The maximum atomic E-state index is 5.67. The molecule has 0 saturated heterocycles. The standard InChI is InChI=1S/C18H17NO/c1-2-14-7-9-15(10-8-14)13-19-17-11-12-20-18-6-4-3-5-16(17)18/h1,3-10,17,19H,11-13H2/t17-/m1/s1. The average Bonchev–Trinajstić information content (AvgIpc) is 2.53. The van der Waals surface area contributed by atoms with Gasteiger partial charge in [-0.05, 0) is 23.8 Å². The van der Waals surface area contributed by atoms with Crippen LogP contribution in [0.15, 0.2) is 48.5 Å². The van der Waals surface area contributed by atoms with Crippen molar-refractivity contribution in [2.75, 3.05) is 6.61 Å². The molecule has 2 nitrogen and oxygen atoms in total. The van der Waals surface area contributed by atoms with Crippen molar-refractivity contribution in [1.82, 2.24) is 5.32 Å². The third kappa shape index (κ3) is 2.68. The molecule has 0 spiro atoms. The second kappa shape index (κ2) is 5.81. The molecule has 2 heteroatoms. The van der Waals surface area contributed by atoms with Crippen LogP contribution in [0.3, 0.4) is 0 Å². The van der Waals surface area contributed by atoms with Gasteiger partial charge in [-0.1, -0.05) is 36.3 Å². The molecule has 0 bridgehead atoms. The maximum absolute atomic E-state index is 5.67. The van der Waals surface area contributed by atoms with Crippen molar-refractivity contribution in [3.05, 3.63) is 65.2 Å². The second-order valence-electron chi connectivity index (χ2n) is 4.95. The summed E-state index contributed by atoms with van der Waals surface area (Å²) >= 11 is 0. The van der Waals surface area contributed by atoms with E-state index in [0.29, 0.717) is 6.04 Å². The highest BCUT2D eigenvalue weighted by Crippen LogP contribution is 2.31. The summed E-state index contributed by atoms with van der Waals surface area (Å²) in [7, 11) is 0. The van der Waals surface area contributed by atoms with Gasteiger partial charge in [0, 0.05) is 30.1 Å². The minimum Gasteiger partial charge on any atom is -0.493 e. The van der Waals surface area contributed by atoms with Crippen LogP contribution in [-0.4, -0.2) is 6.61 Å². The van der Waals surface area contributed by atoms with Gasteiger partial charge < -0.3 is 10.1 Å². The van der Waals surface area contributed by atoms with Gasteiger partial charge in [-0.15, -0.1) is 6.42 Å². The van der Waals surface area contributed by atoms with Gasteiger partial charge in [-0.2, -0.15) is 0 Å². The van der Waals surface area contributed by atoms with E-state index >= 15 is 0 Å². The van der Waals surface area contributed by atoms with Gasteiger partial charge in [-0.3, -0.25) is 0 Å². The number of hydrogen-bond acceptors (Lipinski definition) is 2. The molecule has 3 rings (SSSR count).